The van der Waals surface area contributed by atoms with Crippen LogP contribution in [0.1, 0.15) is 17.3 Å². The summed E-state index contributed by atoms with van der Waals surface area (Å²) in [4.78, 5) is 11.0. The number of aromatic nitrogens is 2. The third kappa shape index (κ3) is 1.20. The van der Waals surface area contributed by atoms with Crippen LogP contribution in [0.4, 0.5) is 4.39 Å². The highest BCUT2D eigenvalue weighted by Crippen LogP contribution is 2.10. The maximum Gasteiger partial charge on any atom is 0.168 e. The van der Waals surface area contributed by atoms with Gasteiger partial charge in [0.2, 0.25) is 0 Å². The lowest BCUT2D eigenvalue weighted by atomic mass is 10.2. The van der Waals surface area contributed by atoms with Crippen molar-refractivity contribution in [2.75, 3.05) is 0 Å². The molecule has 0 aliphatic heterocycles. The van der Waals surface area contributed by atoms with Crippen molar-refractivity contribution in [3.8, 4) is 0 Å². The van der Waals surface area contributed by atoms with Crippen LogP contribution in [0.3, 0.4) is 0 Å². The van der Waals surface area contributed by atoms with Crippen LogP contribution in [0.2, 0.25) is 0 Å². The van der Waals surface area contributed by atoms with Crippen LogP contribution >= 0.6 is 0 Å². The third-order valence-corrected chi connectivity index (χ3v) is 1.88. The van der Waals surface area contributed by atoms with Gasteiger partial charge in [-0.3, -0.25) is 4.79 Å². The fourth-order valence-electron chi connectivity index (χ4n) is 1.16. The Morgan fingerprint density at radius 3 is 3.00 bits per heavy atom. The number of nitrogens with zero attached hydrogens (tertiary/aromatic N) is 2. The summed E-state index contributed by atoms with van der Waals surface area (Å²) in [6, 6.07) is 3.13. The van der Waals surface area contributed by atoms with E-state index < -0.39 is 0 Å². The molecule has 0 spiro atoms. The fourth-order valence-corrected chi connectivity index (χ4v) is 1.16. The second-order valence-corrected chi connectivity index (χ2v) is 2.80. The van der Waals surface area contributed by atoms with E-state index in [2.05, 4.69) is 5.10 Å². The van der Waals surface area contributed by atoms with Gasteiger partial charge in [-0.1, -0.05) is 0 Å². The minimum atomic E-state index is -0.380. The van der Waals surface area contributed by atoms with Gasteiger partial charge in [0.25, 0.3) is 0 Å². The summed E-state index contributed by atoms with van der Waals surface area (Å²) >= 11 is 0. The highest BCUT2D eigenvalue weighted by molar-refractivity contribution is 5.94. The molecule has 0 amide bonds. The van der Waals surface area contributed by atoms with E-state index in [0.29, 0.717) is 11.1 Å². The van der Waals surface area contributed by atoms with E-state index in [1.165, 1.54) is 17.6 Å². The maximum absolute atomic E-state index is 12.9. The molecule has 0 unspecified atom stereocenters. The molecule has 0 saturated carbocycles. The first-order chi connectivity index (χ1) is 6.18. The molecule has 0 atom stereocenters. The summed E-state index contributed by atoms with van der Waals surface area (Å²) in [5.74, 6) is -0.437. The molecule has 0 aliphatic rings. The first kappa shape index (κ1) is 7.91. The van der Waals surface area contributed by atoms with Crippen LogP contribution in [0.5, 0.6) is 0 Å². The van der Waals surface area contributed by atoms with Crippen molar-refractivity contribution in [2.45, 2.75) is 6.92 Å². The quantitative estimate of drug-likeness (QED) is 0.622. The lowest BCUT2D eigenvalue weighted by Gasteiger charge is -1.96. The smallest absolute Gasteiger partial charge is 0.168 e. The molecule has 13 heavy (non-hydrogen) atoms. The Balaban J connectivity index is 2.70. The molecule has 2 aromatic rings. The van der Waals surface area contributed by atoms with Crippen LogP contribution in [-0.4, -0.2) is 15.4 Å². The zero-order valence-corrected chi connectivity index (χ0v) is 6.99. The van der Waals surface area contributed by atoms with Crippen molar-refractivity contribution in [3.63, 3.8) is 0 Å². The lowest BCUT2D eigenvalue weighted by molar-refractivity contribution is 0.101. The molecule has 3 nitrogen and oxygen atoms in total. The van der Waals surface area contributed by atoms with Gasteiger partial charge in [0.05, 0.1) is 6.20 Å². The topological polar surface area (TPSA) is 34.4 Å². The van der Waals surface area contributed by atoms with E-state index in [4.69, 9.17) is 0 Å². The summed E-state index contributed by atoms with van der Waals surface area (Å²) in [6.45, 7) is 1.46. The largest absolute Gasteiger partial charge is 0.294 e. The zero-order valence-electron chi connectivity index (χ0n) is 6.99. The lowest BCUT2D eigenvalue weighted by Crippen LogP contribution is -1.96. The first-order valence-electron chi connectivity index (χ1n) is 3.82. The maximum atomic E-state index is 12.9. The Morgan fingerprint density at radius 1 is 1.54 bits per heavy atom. The second kappa shape index (κ2) is 2.65. The van der Waals surface area contributed by atoms with E-state index in [1.54, 1.807) is 12.1 Å². The monoisotopic (exact) mass is 178 g/mol. The normalized spacial score (nSPS) is 10.6. The predicted octanol–water partition coefficient (Wildman–Crippen LogP) is 1.68. The Labute approximate surface area is 73.8 Å². The molecule has 2 rings (SSSR count). The van der Waals surface area contributed by atoms with Gasteiger partial charge in [-0.15, -0.1) is 0 Å². The number of fused-ring (bicyclic) bond motifs is 1. The predicted molar refractivity (Wildman–Crippen MR) is 45.2 cm³/mol. The summed E-state index contributed by atoms with van der Waals surface area (Å²) in [5, 5.41) is 3.75. The van der Waals surface area contributed by atoms with Crippen LogP contribution in [0.25, 0.3) is 5.52 Å². The molecule has 4 heteroatoms. The third-order valence-electron chi connectivity index (χ3n) is 1.88. The van der Waals surface area contributed by atoms with Crippen molar-refractivity contribution in [1.29, 1.82) is 0 Å². The Hall–Kier alpha value is -1.71. The number of pyridine rings is 1. The Morgan fingerprint density at radius 2 is 2.31 bits per heavy atom. The number of carbonyl (C=O) groups is 1. The van der Waals surface area contributed by atoms with Crippen molar-refractivity contribution in [2.24, 2.45) is 0 Å². The van der Waals surface area contributed by atoms with Crippen molar-refractivity contribution in [3.05, 3.63) is 35.9 Å². The van der Waals surface area contributed by atoms with Gasteiger partial charge in [0.15, 0.2) is 11.6 Å². The van der Waals surface area contributed by atoms with Crippen molar-refractivity contribution < 1.29 is 9.18 Å². The number of halogens is 1. The van der Waals surface area contributed by atoms with Crippen LogP contribution in [0.15, 0.2) is 24.5 Å². The van der Waals surface area contributed by atoms with Crippen LogP contribution in [-0.2, 0) is 0 Å². The first-order valence-corrected chi connectivity index (χ1v) is 3.82. The molecular weight excluding hydrogens is 171 g/mol. The highest BCUT2D eigenvalue weighted by Gasteiger charge is 2.04. The number of hydrogen-bond donors (Lipinski definition) is 0. The molecule has 0 fully saturated rings. The Bertz CT molecular complexity index is 475. The molecule has 2 aromatic heterocycles. The molecule has 0 radical (unpaired) electrons. The molecular formula is C9H7FN2O. The van der Waals surface area contributed by atoms with Gasteiger partial charge in [0, 0.05) is 11.8 Å². The number of rotatable bonds is 1. The molecule has 0 aromatic carbocycles. The molecule has 2 heterocycles. The minimum Gasteiger partial charge on any atom is -0.294 e. The van der Waals surface area contributed by atoms with Crippen molar-refractivity contribution >= 4 is 11.3 Å². The SMILES string of the molecule is CC(=O)c1ccc2c(F)cnn2c1. The average molecular weight is 178 g/mol. The molecule has 0 saturated heterocycles. The van der Waals surface area contributed by atoms with Gasteiger partial charge in [-0.2, -0.15) is 5.10 Å². The molecule has 66 valence electrons. The molecule has 0 bridgehead atoms. The number of Topliss-reactive ketones (excluding diaryl/α,β-unsaturated/α-hetero) is 1. The van der Waals surface area contributed by atoms with Crippen molar-refractivity contribution in [1.82, 2.24) is 9.61 Å². The molecule has 0 aliphatic carbocycles. The van der Waals surface area contributed by atoms with Gasteiger partial charge >= 0.3 is 0 Å². The summed E-state index contributed by atoms with van der Waals surface area (Å²) < 4.78 is 14.3. The van der Waals surface area contributed by atoms with Gasteiger partial charge < -0.3 is 0 Å². The fraction of sp³-hybridized carbons (Fsp3) is 0.111. The summed E-state index contributed by atoms with van der Waals surface area (Å²) in [5.41, 5.74) is 0.903. The molecule has 0 N–H and O–H groups in total. The van der Waals surface area contributed by atoms with E-state index in [1.807, 2.05) is 0 Å². The number of hydrogen-bond acceptors (Lipinski definition) is 2. The van der Waals surface area contributed by atoms with Crippen LogP contribution in [0, 0.1) is 5.82 Å². The zero-order chi connectivity index (χ0) is 9.42. The van der Waals surface area contributed by atoms with Crippen LogP contribution < -0.4 is 0 Å². The van der Waals surface area contributed by atoms with Gasteiger partial charge in [0.1, 0.15) is 5.52 Å². The van der Waals surface area contributed by atoms with Gasteiger partial charge in [-0.05, 0) is 19.1 Å². The standard InChI is InChI=1S/C9H7FN2O/c1-6(13)7-2-3-9-8(10)4-11-12(9)5-7/h2-5H,1H3. The minimum absolute atomic E-state index is 0.0576. The van der Waals surface area contributed by atoms with E-state index in [-0.39, 0.29) is 11.6 Å². The van der Waals surface area contributed by atoms with E-state index >= 15 is 0 Å². The number of ketones is 1. The summed E-state index contributed by atoms with van der Waals surface area (Å²) in [6.07, 6.45) is 2.64. The summed E-state index contributed by atoms with van der Waals surface area (Å²) in [7, 11) is 0. The van der Waals surface area contributed by atoms with E-state index in [0.717, 1.165) is 6.20 Å². The Kier molecular flexibility index (Phi) is 1.62. The highest BCUT2D eigenvalue weighted by atomic mass is 19.1. The second-order valence-electron chi connectivity index (χ2n) is 2.80. The number of carbonyl (C=O) groups excluding carboxylic acids is 1. The van der Waals surface area contributed by atoms with Gasteiger partial charge in [-0.25, -0.2) is 8.91 Å². The van der Waals surface area contributed by atoms with E-state index in [9.17, 15) is 9.18 Å². The average Bonchev–Trinajstić information content (AvgIpc) is 2.47.